The number of rotatable bonds is 7. The third kappa shape index (κ3) is 7.40. The molecule has 1 aromatic rings. The van der Waals surface area contributed by atoms with Crippen LogP contribution in [0.15, 0.2) is 23.2 Å². The molecule has 148 valence electrons. The van der Waals surface area contributed by atoms with Crippen molar-refractivity contribution in [3.05, 3.63) is 29.3 Å². The third-order valence-corrected chi connectivity index (χ3v) is 4.98. The van der Waals surface area contributed by atoms with Crippen molar-refractivity contribution in [3.63, 3.8) is 0 Å². The summed E-state index contributed by atoms with van der Waals surface area (Å²) < 4.78 is 0. The first-order valence-electron chi connectivity index (χ1n) is 9.72. The summed E-state index contributed by atoms with van der Waals surface area (Å²) in [6.45, 7) is 11.0. The SMILES string of the molecule is CCc1cccc(CC)c1NC(N)=NCCCN1CCCN(C)CC1.I. The first-order valence-corrected chi connectivity index (χ1v) is 9.72. The second-order valence-electron chi connectivity index (χ2n) is 6.90. The van der Waals surface area contributed by atoms with Gasteiger partial charge in [-0.25, -0.2) is 0 Å². The molecular formula is C20H36IN5. The zero-order valence-electron chi connectivity index (χ0n) is 16.6. The van der Waals surface area contributed by atoms with Gasteiger partial charge in [0.05, 0.1) is 0 Å². The van der Waals surface area contributed by atoms with Crippen LogP contribution in [-0.4, -0.2) is 62.1 Å². The predicted octanol–water partition coefficient (Wildman–Crippen LogP) is 3.18. The summed E-state index contributed by atoms with van der Waals surface area (Å²) >= 11 is 0. The molecule has 1 aliphatic rings. The Morgan fingerprint density at radius 3 is 2.46 bits per heavy atom. The highest BCUT2D eigenvalue weighted by Crippen LogP contribution is 2.22. The first kappa shape index (κ1) is 23.2. The van der Waals surface area contributed by atoms with Crippen molar-refractivity contribution < 1.29 is 0 Å². The fraction of sp³-hybridized carbons (Fsp3) is 0.650. The molecular weight excluding hydrogens is 437 g/mol. The van der Waals surface area contributed by atoms with Gasteiger partial charge in [-0.1, -0.05) is 32.0 Å². The summed E-state index contributed by atoms with van der Waals surface area (Å²) in [6, 6.07) is 6.44. The standard InChI is InChI=1S/C20H35N5.HI/c1-4-17-9-6-10-18(5-2)19(17)23-20(21)22-11-7-13-25-14-8-12-24(3)15-16-25;/h6,9-10H,4-5,7-8,11-16H2,1-3H3,(H3,21,22,23);1H. The number of anilines is 1. The molecule has 2 rings (SSSR count). The minimum absolute atomic E-state index is 0. The molecule has 0 amide bonds. The Balaban J connectivity index is 0.00000338. The Morgan fingerprint density at radius 2 is 1.81 bits per heavy atom. The molecule has 0 saturated carbocycles. The lowest BCUT2D eigenvalue weighted by molar-refractivity contribution is 0.275. The summed E-state index contributed by atoms with van der Waals surface area (Å²) in [4.78, 5) is 9.50. The average molecular weight is 473 g/mol. The van der Waals surface area contributed by atoms with Gasteiger partial charge in [0, 0.05) is 25.3 Å². The minimum Gasteiger partial charge on any atom is -0.370 e. The van der Waals surface area contributed by atoms with E-state index in [1.165, 1.54) is 37.2 Å². The quantitative estimate of drug-likeness (QED) is 0.277. The summed E-state index contributed by atoms with van der Waals surface area (Å²) in [5.74, 6) is 0.534. The van der Waals surface area contributed by atoms with Crippen LogP contribution in [0.3, 0.4) is 0 Å². The van der Waals surface area contributed by atoms with E-state index in [2.05, 4.69) is 59.2 Å². The summed E-state index contributed by atoms with van der Waals surface area (Å²) in [5.41, 5.74) is 9.87. The highest BCUT2D eigenvalue weighted by atomic mass is 127. The average Bonchev–Trinajstić information content (AvgIpc) is 2.83. The predicted molar refractivity (Wildman–Crippen MR) is 124 cm³/mol. The molecule has 0 radical (unpaired) electrons. The Kier molecular flexibility index (Phi) is 11.2. The maximum Gasteiger partial charge on any atom is 0.193 e. The van der Waals surface area contributed by atoms with Crippen molar-refractivity contribution in [2.24, 2.45) is 10.7 Å². The number of aryl methyl sites for hydroxylation is 2. The highest BCUT2D eigenvalue weighted by molar-refractivity contribution is 14.0. The lowest BCUT2D eigenvalue weighted by atomic mass is 10.0. The number of guanidine groups is 1. The Morgan fingerprint density at radius 1 is 1.12 bits per heavy atom. The molecule has 0 unspecified atom stereocenters. The molecule has 3 N–H and O–H groups in total. The lowest BCUT2D eigenvalue weighted by Gasteiger charge is -2.19. The van der Waals surface area contributed by atoms with Crippen LogP contribution < -0.4 is 11.1 Å². The van der Waals surface area contributed by atoms with Crippen LogP contribution in [0.2, 0.25) is 0 Å². The van der Waals surface area contributed by atoms with E-state index in [1.807, 2.05) is 0 Å². The van der Waals surface area contributed by atoms with Gasteiger partial charge in [0.25, 0.3) is 0 Å². The van der Waals surface area contributed by atoms with Gasteiger partial charge < -0.3 is 20.9 Å². The van der Waals surface area contributed by atoms with Gasteiger partial charge in [0.1, 0.15) is 0 Å². The Hall–Kier alpha value is -0.860. The van der Waals surface area contributed by atoms with Crippen LogP contribution in [0.5, 0.6) is 0 Å². The number of nitrogens with two attached hydrogens (primary N) is 1. The maximum absolute atomic E-state index is 6.13. The van der Waals surface area contributed by atoms with E-state index in [0.29, 0.717) is 5.96 Å². The van der Waals surface area contributed by atoms with Crippen LogP contribution in [0, 0.1) is 0 Å². The number of aliphatic imine (C=N–C) groups is 1. The van der Waals surface area contributed by atoms with E-state index in [9.17, 15) is 0 Å². The monoisotopic (exact) mass is 473 g/mol. The fourth-order valence-corrected chi connectivity index (χ4v) is 3.39. The van der Waals surface area contributed by atoms with Crippen LogP contribution in [0.1, 0.15) is 37.8 Å². The van der Waals surface area contributed by atoms with E-state index in [0.717, 1.165) is 44.6 Å². The van der Waals surface area contributed by atoms with Crippen molar-refractivity contribution in [2.45, 2.75) is 39.5 Å². The lowest BCUT2D eigenvalue weighted by Crippen LogP contribution is -2.30. The van der Waals surface area contributed by atoms with Gasteiger partial charge in [-0.3, -0.25) is 4.99 Å². The zero-order chi connectivity index (χ0) is 18.1. The number of hydrogen-bond acceptors (Lipinski definition) is 3. The largest absolute Gasteiger partial charge is 0.370 e. The van der Waals surface area contributed by atoms with Gasteiger partial charge in [0.15, 0.2) is 5.96 Å². The number of likely N-dealkylation sites (N-methyl/N-ethyl adjacent to an activating group) is 1. The third-order valence-electron chi connectivity index (χ3n) is 4.98. The Bertz CT molecular complexity index is 539. The second kappa shape index (κ2) is 12.5. The molecule has 0 aliphatic carbocycles. The van der Waals surface area contributed by atoms with Crippen LogP contribution >= 0.6 is 24.0 Å². The number of benzene rings is 1. The van der Waals surface area contributed by atoms with Crippen molar-refractivity contribution in [2.75, 3.05) is 51.6 Å². The number of para-hydroxylation sites is 1. The highest BCUT2D eigenvalue weighted by Gasteiger charge is 2.11. The smallest absolute Gasteiger partial charge is 0.193 e. The molecule has 26 heavy (non-hydrogen) atoms. The van der Waals surface area contributed by atoms with Crippen LogP contribution in [-0.2, 0) is 12.8 Å². The number of nitrogens with one attached hydrogen (secondary N) is 1. The minimum atomic E-state index is 0. The number of halogens is 1. The molecule has 1 saturated heterocycles. The van der Waals surface area contributed by atoms with Crippen LogP contribution in [0.4, 0.5) is 5.69 Å². The molecule has 1 fully saturated rings. The van der Waals surface area contributed by atoms with Crippen LogP contribution in [0.25, 0.3) is 0 Å². The molecule has 0 aromatic heterocycles. The number of nitrogens with zero attached hydrogens (tertiary/aromatic N) is 3. The van der Waals surface area contributed by atoms with E-state index in [4.69, 9.17) is 5.73 Å². The van der Waals surface area contributed by atoms with Gasteiger partial charge >= 0.3 is 0 Å². The summed E-state index contributed by atoms with van der Waals surface area (Å²) in [6.07, 6.45) is 4.30. The molecule has 0 bridgehead atoms. The molecule has 1 aromatic carbocycles. The van der Waals surface area contributed by atoms with Crippen molar-refractivity contribution >= 4 is 35.6 Å². The van der Waals surface area contributed by atoms with Gasteiger partial charge in [-0.05, 0) is 63.5 Å². The van der Waals surface area contributed by atoms with Gasteiger partial charge in [-0.2, -0.15) is 0 Å². The molecule has 6 heteroatoms. The number of hydrogen-bond donors (Lipinski definition) is 2. The van der Waals surface area contributed by atoms with E-state index in [1.54, 1.807) is 0 Å². The summed E-state index contributed by atoms with van der Waals surface area (Å²) in [5, 5.41) is 3.34. The molecule has 1 aliphatic heterocycles. The normalized spacial score (nSPS) is 16.8. The zero-order valence-corrected chi connectivity index (χ0v) is 19.0. The van der Waals surface area contributed by atoms with Crippen molar-refractivity contribution in [3.8, 4) is 0 Å². The van der Waals surface area contributed by atoms with E-state index < -0.39 is 0 Å². The molecule has 1 heterocycles. The maximum atomic E-state index is 6.13. The van der Waals surface area contributed by atoms with Gasteiger partial charge in [0.2, 0.25) is 0 Å². The first-order chi connectivity index (χ1) is 12.1. The second-order valence-corrected chi connectivity index (χ2v) is 6.90. The van der Waals surface area contributed by atoms with E-state index in [-0.39, 0.29) is 24.0 Å². The topological polar surface area (TPSA) is 56.9 Å². The Labute approximate surface area is 176 Å². The summed E-state index contributed by atoms with van der Waals surface area (Å²) in [7, 11) is 2.21. The molecule has 0 spiro atoms. The molecule has 5 nitrogen and oxygen atoms in total. The molecule has 0 atom stereocenters. The van der Waals surface area contributed by atoms with Crippen molar-refractivity contribution in [1.29, 1.82) is 0 Å². The van der Waals surface area contributed by atoms with E-state index >= 15 is 0 Å². The fourth-order valence-electron chi connectivity index (χ4n) is 3.39. The van der Waals surface area contributed by atoms with Gasteiger partial charge in [-0.15, -0.1) is 24.0 Å². The van der Waals surface area contributed by atoms with Crippen molar-refractivity contribution in [1.82, 2.24) is 9.80 Å².